The summed E-state index contributed by atoms with van der Waals surface area (Å²) < 4.78 is 1.76. The first-order valence-electron chi connectivity index (χ1n) is 10.1. The van der Waals surface area contributed by atoms with E-state index in [9.17, 15) is 9.59 Å². The number of fused-ring (bicyclic) bond motifs is 2. The van der Waals surface area contributed by atoms with E-state index in [1.807, 2.05) is 48.2 Å². The molecule has 1 aliphatic heterocycles. The summed E-state index contributed by atoms with van der Waals surface area (Å²) in [6.45, 7) is 3.18. The maximum atomic E-state index is 13.4. The van der Waals surface area contributed by atoms with Gasteiger partial charge in [-0.2, -0.15) is 10.1 Å². The molecule has 30 heavy (non-hydrogen) atoms. The first-order chi connectivity index (χ1) is 14.7. The van der Waals surface area contributed by atoms with E-state index in [0.717, 1.165) is 41.3 Å². The number of carbonyl (C=O) groups is 2. The number of aromatic nitrogens is 4. The van der Waals surface area contributed by atoms with Crippen LogP contribution in [-0.2, 0) is 0 Å². The molecule has 7 nitrogen and oxygen atoms in total. The van der Waals surface area contributed by atoms with E-state index in [4.69, 9.17) is 0 Å². The average Bonchev–Trinajstić information content (AvgIpc) is 3.25. The molecule has 2 aromatic carbocycles. The molecule has 1 atom stereocenters. The fourth-order valence-corrected chi connectivity index (χ4v) is 4.43. The Bertz CT molecular complexity index is 1280. The van der Waals surface area contributed by atoms with Crippen LogP contribution in [0, 0.1) is 6.92 Å². The van der Waals surface area contributed by atoms with Gasteiger partial charge in [-0.3, -0.25) is 9.59 Å². The van der Waals surface area contributed by atoms with E-state index in [-0.39, 0.29) is 11.8 Å². The van der Waals surface area contributed by atoms with Gasteiger partial charge in [0.1, 0.15) is 6.33 Å². The summed E-state index contributed by atoms with van der Waals surface area (Å²) >= 11 is 0. The zero-order chi connectivity index (χ0) is 20.7. The topological polar surface area (TPSA) is 80.5 Å². The lowest BCUT2D eigenvalue weighted by molar-refractivity contribution is 0.0703. The van der Waals surface area contributed by atoms with Crippen LogP contribution >= 0.6 is 0 Å². The number of aryl methyl sites for hydroxylation is 1. The molecule has 1 aliphatic rings. The summed E-state index contributed by atoms with van der Waals surface area (Å²) in [6, 6.07) is 13.3. The quantitative estimate of drug-likeness (QED) is 0.493. The van der Waals surface area contributed by atoms with Crippen LogP contribution in [0.3, 0.4) is 0 Å². The van der Waals surface area contributed by atoms with Crippen molar-refractivity contribution in [2.75, 3.05) is 13.1 Å². The third-order valence-corrected chi connectivity index (χ3v) is 5.85. The highest BCUT2D eigenvalue weighted by molar-refractivity contribution is 6.09. The minimum absolute atomic E-state index is 0.104. The lowest BCUT2D eigenvalue weighted by Gasteiger charge is -2.33. The van der Waals surface area contributed by atoms with Crippen molar-refractivity contribution in [2.45, 2.75) is 25.7 Å². The van der Waals surface area contributed by atoms with Crippen molar-refractivity contribution < 1.29 is 9.59 Å². The third-order valence-electron chi connectivity index (χ3n) is 5.85. The number of hydrogen-bond acceptors (Lipinski definition) is 5. The largest absolute Gasteiger partial charge is 0.338 e. The molecule has 0 N–H and O–H groups in total. The van der Waals surface area contributed by atoms with E-state index in [1.165, 1.54) is 6.33 Å². The molecule has 1 fully saturated rings. The SMILES string of the molecule is Cc1cc([C@H]2CCCN(C(=O)c3ccc4ccccc4c3C=O)C2)n2ncnc2n1. The number of piperidine rings is 1. The fourth-order valence-electron chi connectivity index (χ4n) is 4.43. The molecule has 3 heterocycles. The molecule has 1 amide bonds. The molecule has 4 aromatic rings. The number of benzene rings is 2. The summed E-state index contributed by atoms with van der Waals surface area (Å²) in [5, 5.41) is 6.08. The summed E-state index contributed by atoms with van der Waals surface area (Å²) in [5.41, 5.74) is 2.81. The minimum atomic E-state index is -0.104. The number of carbonyl (C=O) groups excluding carboxylic acids is 2. The smallest absolute Gasteiger partial charge is 0.254 e. The number of likely N-dealkylation sites (tertiary alicyclic amines) is 1. The molecular weight excluding hydrogens is 378 g/mol. The van der Waals surface area contributed by atoms with Crippen LogP contribution in [0.5, 0.6) is 0 Å². The van der Waals surface area contributed by atoms with Gasteiger partial charge in [0.15, 0.2) is 6.29 Å². The zero-order valence-electron chi connectivity index (χ0n) is 16.7. The molecule has 0 aliphatic carbocycles. The molecule has 1 saturated heterocycles. The van der Waals surface area contributed by atoms with Gasteiger partial charge in [0.05, 0.1) is 11.3 Å². The van der Waals surface area contributed by atoms with Crippen LogP contribution in [0.15, 0.2) is 48.8 Å². The van der Waals surface area contributed by atoms with Crippen LogP contribution in [-0.4, -0.2) is 49.8 Å². The summed E-state index contributed by atoms with van der Waals surface area (Å²) in [7, 11) is 0. The highest BCUT2D eigenvalue weighted by atomic mass is 16.2. The van der Waals surface area contributed by atoms with Gasteiger partial charge >= 0.3 is 0 Å². The van der Waals surface area contributed by atoms with Crippen molar-refractivity contribution in [2.24, 2.45) is 0 Å². The van der Waals surface area contributed by atoms with Gasteiger partial charge in [-0.05, 0) is 42.7 Å². The Morgan fingerprint density at radius 2 is 2.07 bits per heavy atom. The monoisotopic (exact) mass is 399 g/mol. The third kappa shape index (κ3) is 3.03. The van der Waals surface area contributed by atoms with E-state index in [0.29, 0.717) is 30.0 Å². The number of hydrogen-bond donors (Lipinski definition) is 0. The Kier molecular flexibility index (Phi) is 4.50. The first-order valence-corrected chi connectivity index (χ1v) is 10.1. The van der Waals surface area contributed by atoms with Gasteiger partial charge in [-0.25, -0.2) is 9.50 Å². The zero-order valence-corrected chi connectivity index (χ0v) is 16.7. The number of amides is 1. The van der Waals surface area contributed by atoms with Gasteiger partial charge < -0.3 is 4.90 Å². The molecule has 0 saturated carbocycles. The van der Waals surface area contributed by atoms with Crippen LogP contribution in [0.25, 0.3) is 16.6 Å². The lowest BCUT2D eigenvalue weighted by Crippen LogP contribution is -2.40. The van der Waals surface area contributed by atoms with Crippen molar-refractivity contribution in [3.8, 4) is 0 Å². The van der Waals surface area contributed by atoms with Gasteiger partial charge in [0.25, 0.3) is 11.7 Å². The van der Waals surface area contributed by atoms with Crippen molar-refractivity contribution in [3.05, 3.63) is 71.3 Å². The Labute approximate surface area is 173 Å². The predicted octanol–water partition coefficient (Wildman–Crippen LogP) is 3.42. The number of aldehydes is 1. The van der Waals surface area contributed by atoms with Gasteiger partial charge in [-0.15, -0.1) is 0 Å². The fraction of sp³-hybridized carbons (Fsp3) is 0.261. The minimum Gasteiger partial charge on any atom is -0.338 e. The van der Waals surface area contributed by atoms with Crippen molar-refractivity contribution in [1.29, 1.82) is 0 Å². The Hall–Kier alpha value is -3.61. The van der Waals surface area contributed by atoms with Crippen molar-refractivity contribution in [3.63, 3.8) is 0 Å². The van der Waals surface area contributed by atoms with Crippen LogP contribution < -0.4 is 0 Å². The van der Waals surface area contributed by atoms with E-state index in [1.54, 1.807) is 10.6 Å². The summed E-state index contributed by atoms with van der Waals surface area (Å²) in [4.78, 5) is 35.7. The van der Waals surface area contributed by atoms with Crippen LogP contribution in [0.2, 0.25) is 0 Å². The van der Waals surface area contributed by atoms with E-state index in [2.05, 4.69) is 15.1 Å². The van der Waals surface area contributed by atoms with Gasteiger partial charge in [0, 0.05) is 30.3 Å². The molecule has 150 valence electrons. The second-order valence-electron chi connectivity index (χ2n) is 7.75. The average molecular weight is 399 g/mol. The Balaban J connectivity index is 1.49. The summed E-state index contributed by atoms with van der Waals surface area (Å²) in [6.07, 6.45) is 4.14. The second-order valence-corrected chi connectivity index (χ2v) is 7.75. The predicted molar refractivity (Wildman–Crippen MR) is 113 cm³/mol. The molecular formula is C23H21N5O2. The number of nitrogens with zero attached hydrogens (tertiary/aromatic N) is 5. The molecule has 0 spiro atoms. The first kappa shape index (κ1) is 18.4. The van der Waals surface area contributed by atoms with Crippen molar-refractivity contribution >= 4 is 28.7 Å². The Morgan fingerprint density at radius 3 is 2.93 bits per heavy atom. The van der Waals surface area contributed by atoms with Crippen LogP contribution in [0.1, 0.15) is 50.9 Å². The van der Waals surface area contributed by atoms with Crippen LogP contribution in [0.4, 0.5) is 0 Å². The Morgan fingerprint density at radius 1 is 1.20 bits per heavy atom. The maximum absolute atomic E-state index is 13.4. The second kappa shape index (κ2) is 7.33. The molecule has 5 rings (SSSR count). The normalized spacial score (nSPS) is 16.8. The van der Waals surface area contributed by atoms with E-state index >= 15 is 0 Å². The molecule has 7 heteroatoms. The lowest BCUT2D eigenvalue weighted by atomic mass is 9.92. The molecule has 0 bridgehead atoms. The highest BCUT2D eigenvalue weighted by Gasteiger charge is 2.29. The highest BCUT2D eigenvalue weighted by Crippen LogP contribution is 2.29. The molecule has 0 unspecified atom stereocenters. The van der Waals surface area contributed by atoms with E-state index < -0.39 is 0 Å². The summed E-state index contributed by atoms with van der Waals surface area (Å²) in [5.74, 6) is 0.605. The maximum Gasteiger partial charge on any atom is 0.254 e. The molecule has 0 radical (unpaired) electrons. The van der Waals surface area contributed by atoms with Gasteiger partial charge in [-0.1, -0.05) is 30.3 Å². The van der Waals surface area contributed by atoms with Gasteiger partial charge in [0.2, 0.25) is 0 Å². The molecule has 2 aromatic heterocycles. The standard InChI is InChI=1S/C23H21N5O2/c1-15-11-21(28-23(26-15)24-14-25-28)17-6-4-10-27(12-17)22(30)19-9-8-16-5-2-3-7-18(16)20(19)13-29/h2-3,5,7-9,11,13-14,17H,4,6,10,12H2,1H3/t17-/m0/s1. The van der Waals surface area contributed by atoms with Crippen molar-refractivity contribution in [1.82, 2.24) is 24.5 Å². The number of rotatable bonds is 3.